The number of para-hydroxylation sites is 2. The first-order chi connectivity index (χ1) is 18.5. The first kappa shape index (κ1) is 25.5. The van der Waals surface area contributed by atoms with Crippen molar-refractivity contribution in [2.45, 2.75) is 107 Å². The fraction of sp³-hybridized carbons (Fsp3) is 0.667. The minimum atomic E-state index is -1.08. The fourth-order valence-corrected chi connectivity index (χ4v) is 8.45. The molecule has 1 N–H and O–H groups in total. The summed E-state index contributed by atoms with van der Waals surface area (Å²) in [6.45, 7) is 0. The average molecular weight is 521 g/mol. The molecule has 4 bridgehead atoms. The van der Waals surface area contributed by atoms with Crippen LogP contribution in [0.25, 0.3) is 11.0 Å². The van der Waals surface area contributed by atoms with Gasteiger partial charge in [-0.1, -0.05) is 43.0 Å². The molecule has 3 heterocycles. The normalized spacial score (nSPS) is 32.3. The molecular weight excluding hydrogens is 480 g/mol. The second-order valence-corrected chi connectivity index (χ2v) is 12.1. The Morgan fingerprint density at radius 3 is 2.39 bits per heavy atom. The SMILES string of the molecule is CON=CCC(C(=O)O)c1nc2ccccc2n([C@@H]2CC3CCC[C@H](C2)N3C2CC3CCC[C@@H](C3)C2)c1=O. The van der Waals surface area contributed by atoms with E-state index in [1.165, 1.54) is 71.1 Å². The molecule has 4 unspecified atom stereocenters. The predicted molar refractivity (Wildman–Crippen MR) is 147 cm³/mol. The second kappa shape index (κ2) is 10.8. The summed E-state index contributed by atoms with van der Waals surface area (Å²) in [7, 11) is 1.41. The van der Waals surface area contributed by atoms with Gasteiger partial charge in [-0.05, 0) is 68.9 Å². The van der Waals surface area contributed by atoms with Gasteiger partial charge in [-0.2, -0.15) is 0 Å². The number of aromatic nitrogens is 2. The van der Waals surface area contributed by atoms with Crippen molar-refractivity contribution in [1.29, 1.82) is 0 Å². The number of hydrogen-bond acceptors (Lipinski definition) is 6. The summed E-state index contributed by atoms with van der Waals surface area (Å²) in [5.74, 6) is -0.350. The van der Waals surface area contributed by atoms with Crippen LogP contribution in [0.3, 0.4) is 0 Å². The maximum Gasteiger partial charge on any atom is 0.313 e. The first-order valence-corrected chi connectivity index (χ1v) is 14.6. The lowest BCUT2D eigenvalue weighted by molar-refractivity contribution is -0.138. The van der Waals surface area contributed by atoms with Crippen LogP contribution >= 0.6 is 0 Å². The number of oxime groups is 1. The van der Waals surface area contributed by atoms with Crippen molar-refractivity contribution in [1.82, 2.24) is 14.5 Å². The number of carboxylic acids is 1. The van der Waals surface area contributed by atoms with E-state index in [2.05, 4.69) is 15.0 Å². The molecule has 1 aromatic heterocycles. The van der Waals surface area contributed by atoms with E-state index in [0.717, 1.165) is 30.2 Å². The predicted octanol–water partition coefficient (Wildman–Crippen LogP) is 5.11. The number of piperidine rings is 2. The number of benzene rings is 1. The van der Waals surface area contributed by atoms with Crippen LogP contribution in [-0.4, -0.2) is 57.0 Å². The highest BCUT2D eigenvalue weighted by Gasteiger charge is 2.45. The van der Waals surface area contributed by atoms with E-state index in [0.29, 0.717) is 23.6 Å². The van der Waals surface area contributed by atoms with Gasteiger partial charge in [0.15, 0.2) is 0 Å². The molecule has 2 aliphatic carbocycles. The molecule has 7 atom stereocenters. The smallest absolute Gasteiger partial charge is 0.313 e. The molecule has 2 saturated carbocycles. The van der Waals surface area contributed by atoms with Gasteiger partial charge in [-0.25, -0.2) is 4.98 Å². The number of hydrogen-bond donors (Lipinski definition) is 1. The van der Waals surface area contributed by atoms with Gasteiger partial charge in [0.1, 0.15) is 18.7 Å². The number of fused-ring (bicyclic) bond motifs is 5. The average Bonchev–Trinajstić information content (AvgIpc) is 2.90. The molecule has 0 radical (unpaired) electrons. The Morgan fingerprint density at radius 2 is 1.71 bits per heavy atom. The van der Waals surface area contributed by atoms with E-state index in [4.69, 9.17) is 4.84 Å². The first-order valence-electron chi connectivity index (χ1n) is 14.6. The summed E-state index contributed by atoms with van der Waals surface area (Å²) in [4.78, 5) is 38.5. The minimum Gasteiger partial charge on any atom is -0.481 e. The van der Waals surface area contributed by atoms with Crippen LogP contribution < -0.4 is 5.56 Å². The van der Waals surface area contributed by atoms with Crippen LogP contribution in [0.2, 0.25) is 0 Å². The third-order valence-electron chi connectivity index (χ3n) is 9.86. The Hall–Kier alpha value is -2.74. The Balaban J connectivity index is 1.35. The Kier molecular flexibility index (Phi) is 7.25. The molecule has 4 fully saturated rings. The molecule has 2 aromatic rings. The van der Waals surface area contributed by atoms with E-state index in [1.807, 2.05) is 28.8 Å². The van der Waals surface area contributed by atoms with E-state index < -0.39 is 11.9 Å². The van der Waals surface area contributed by atoms with Gasteiger partial charge >= 0.3 is 5.97 Å². The monoisotopic (exact) mass is 520 g/mol. The van der Waals surface area contributed by atoms with Gasteiger partial charge in [-0.3, -0.25) is 14.5 Å². The van der Waals surface area contributed by atoms with Crippen LogP contribution in [0, 0.1) is 11.8 Å². The molecule has 4 aliphatic rings. The highest BCUT2D eigenvalue weighted by Crippen LogP contribution is 2.47. The molecule has 8 heteroatoms. The number of nitrogens with zero attached hydrogens (tertiary/aromatic N) is 4. The summed E-state index contributed by atoms with van der Waals surface area (Å²) in [6, 6.07) is 9.39. The van der Waals surface area contributed by atoms with Crippen molar-refractivity contribution >= 4 is 23.2 Å². The maximum absolute atomic E-state index is 14.0. The summed E-state index contributed by atoms with van der Waals surface area (Å²) in [5, 5.41) is 13.7. The Bertz CT molecular complexity index is 1230. The summed E-state index contributed by atoms with van der Waals surface area (Å²) in [5.41, 5.74) is 1.29. The van der Waals surface area contributed by atoms with Crippen LogP contribution in [-0.2, 0) is 9.63 Å². The quantitative estimate of drug-likeness (QED) is 0.402. The van der Waals surface area contributed by atoms with Gasteiger partial charge in [0.05, 0.1) is 11.0 Å². The van der Waals surface area contributed by atoms with Gasteiger partial charge in [-0.15, -0.1) is 0 Å². The maximum atomic E-state index is 14.0. The van der Waals surface area contributed by atoms with Crippen LogP contribution in [0.4, 0.5) is 0 Å². The molecule has 204 valence electrons. The van der Waals surface area contributed by atoms with Crippen molar-refractivity contribution in [3.63, 3.8) is 0 Å². The standard InChI is InChI=1S/C30H40N4O4/c1-38-31-13-12-25(30(36)37)28-29(35)34(27-11-3-2-10-26(27)32-28)24-17-21-8-5-9-22(18-24)33(21)23-15-19-6-4-7-20(14-19)16-23/h2-3,10-11,13,19-25H,4-9,12,14-18H2,1H3,(H,36,37)/t19-,20?,21+,22?,23?,24-,25?/m0/s1. The van der Waals surface area contributed by atoms with Crippen LogP contribution in [0.1, 0.15) is 94.7 Å². The molecule has 6 rings (SSSR count). The van der Waals surface area contributed by atoms with Crippen molar-refractivity contribution in [3.8, 4) is 0 Å². The molecule has 1 aromatic carbocycles. The lowest BCUT2D eigenvalue weighted by Gasteiger charge is -2.55. The Labute approximate surface area is 224 Å². The zero-order valence-electron chi connectivity index (χ0n) is 22.4. The van der Waals surface area contributed by atoms with Crippen molar-refractivity contribution in [3.05, 3.63) is 40.3 Å². The lowest BCUT2D eigenvalue weighted by Crippen LogP contribution is -2.58. The third-order valence-corrected chi connectivity index (χ3v) is 9.86. The molecule has 8 nitrogen and oxygen atoms in total. The minimum absolute atomic E-state index is 0.0471. The van der Waals surface area contributed by atoms with E-state index >= 15 is 0 Å². The number of carbonyl (C=O) groups is 1. The van der Waals surface area contributed by atoms with E-state index in [9.17, 15) is 14.7 Å². The van der Waals surface area contributed by atoms with Gasteiger partial charge in [0, 0.05) is 36.8 Å². The molecule has 2 aliphatic heterocycles. The summed E-state index contributed by atoms with van der Waals surface area (Å²) < 4.78 is 1.90. The second-order valence-electron chi connectivity index (χ2n) is 12.1. The lowest BCUT2D eigenvalue weighted by atomic mass is 9.68. The molecule has 0 amide bonds. The van der Waals surface area contributed by atoms with E-state index in [-0.39, 0.29) is 23.7 Å². The van der Waals surface area contributed by atoms with Gasteiger partial charge in [0.25, 0.3) is 5.56 Å². The molecule has 0 spiro atoms. The fourth-order valence-electron chi connectivity index (χ4n) is 8.45. The number of aliphatic carboxylic acids is 1. The van der Waals surface area contributed by atoms with Gasteiger partial charge < -0.3 is 14.5 Å². The Morgan fingerprint density at radius 1 is 1.03 bits per heavy atom. The van der Waals surface area contributed by atoms with Crippen molar-refractivity contribution in [2.75, 3.05) is 7.11 Å². The largest absolute Gasteiger partial charge is 0.481 e. The van der Waals surface area contributed by atoms with Crippen molar-refractivity contribution < 1.29 is 14.7 Å². The summed E-state index contributed by atoms with van der Waals surface area (Å²) >= 11 is 0. The highest BCUT2D eigenvalue weighted by atomic mass is 16.6. The van der Waals surface area contributed by atoms with Gasteiger partial charge in [0.2, 0.25) is 0 Å². The van der Waals surface area contributed by atoms with Crippen LogP contribution in [0.15, 0.2) is 34.2 Å². The van der Waals surface area contributed by atoms with Crippen molar-refractivity contribution in [2.24, 2.45) is 17.0 Å². The highest BCUT2D eigenvalue weighted by molar-refractivity contribution is 5.81. The third kappa shape index (κ3) is 4.76. The zero-order valence-corrected chi connectivity index (χ0v) is 22.4. The summed E-state index contributed by atoms with van der Waals surface area (Å²) in [6.07, 6.45) is 15.3. The topological polar surface area (TPSA) is 97.0 Å². The molecule has 38 heavy (non-hydrogen) atoms. The molecular formula is C30H40N4O4. The van der Waals surface area contributed by atoms with E-state index in [1.54, 1.807) is 0 Å². The van der Waals surface area contributed by atoms with Crippen LogP contribution in [0.5, 0.6) is 0 Å². The molecule has 2 saturated heterocycles. The number of carboxylic acid groups (broad SMARTS) is 1. The zero-order chi connectivity index (χ0) is 26.2. The number of rotatable bonds is 7.